The van der Waals surface area contributed by atoms with E-state index in [-0.39, 0.29) is 6.54 Å². The lowest BCUT2D eigenvalue weighted by Gasteiger charge is -2.32. The van der Waals surface area contributed by atoms with E-state index < -0.39 is 72.5 Å². The molecular weight excluding hydrogens is 526 g/mol. The number of carbonyl (C=O) groups excluding carboxylic acids is 5. The van der Waals surface area contributed by atoms with E-state index in [0.29, 0.717) is 11.0 Å². The zero-order chi connectivity index (χ0) is 30.1. The van der Waals surface area contributed by atoms with Crippen LogP contribution in [0, 0.1) is 13.8 Å². The van der Waals surface area contributed by atoms with Crippen LogP contribution < -0.4 is 10.9 Å². The van der Waals surface area contributed by atoms with Crippen LogP contribution in [-0.4, -0.2) is 70.8 Å². The third-order valence-electron chi connectivity index (χ3n) is 5.67. The minimum absolute atomic E-state index is 0.0791. The van der Waals surface area contributed by atoms with Crippen molar-refractivity contribution in [3.8, 4) is 0 Å². The van der Waals surface area contributed by atoms with Crippen LogP contribution in [0.3, 0.4) is 0 Å². The minimum Gasteiger partial charge on any atom is -0.462 e. The molecule has 2 rings (SSSR count). The summed E-state index contributed by atoms with van der Waals surface area (Å²) in [6, 6.07) is 3.37. The summed E-state index contributed by atoms with van der Waals surface area (Å²) in [7, 11) is 0. The van der Waals surface area contributed by atoms with Crippen LogP contribution in [0.25, 0.3) is 11.0 Å². The van der Waals surface area contributed by atoms with E-state index in [1.165, 1.54) is 10.6 Å². The second-order valence-electron chi connectivity index (χ2n) is 8.97. The number of ether oxygens (including phenoxy) is 4. The summed E-state index contributed by atoms with van der Waals surface area (Å²) in [6.45, 7) is 10.7. The summed E-state index contributed by atoms with van der Waals surface area (Å²) in [5, 5.41) is 2.52. The van der Waals surface area contributed by atoms with Crippen LogP contribution in [0.15, 0.2) is 29.6 Å². The van der Waals surface area contributed by atoms with Gasteiger partial charge in [-0.25, -0.2) is 4.98 Å². The van der Waals surface area contributed by atoms with Crippen LogP contribution in [0.5, 0.6) is 0 Å². The molecule has 0 fully saturated rings. The van der Waals surface area contributed by atoms with Crippen molar-refractivity contribution in [1.29, 1.82) is 0 Å². The second kappa shape index (κ2) is 14.0. The predicted octanol–water partition coefficient (Wildman–Crippen LogP) is 1.29. The Balaban J connectivity index is 2.78. The molecule has 0 radical (unpaired) electrons. The van der Waals surface area contributed by atoms with E-state index in [4.69, 9.17) is 18.9 Å². The summed E-state index contributed by atoms with van der Waals surface area (Å²) in [5.74, 6) is -3.90. The Hall–Kier alpha value is -4.55. The highest BCUT2D eigenvalue weighted by atomic mass is 16.6. The molecule has 13 heteroatoms. The first-order valence-electron chi connectivity index (χ1n) is 12.3. The molecule has 0 spiro atoms. The molecule has 2 aromatic rings. The lowest BCUT2D eigenvalue weighted by atomic mass is 10.1. The molecule has 40 heavy (non-hydrogen) atoms. The van der Waals surface area contributed by atoms with Gasteiger partial charge in [0.05, 0.1) is 17.6 Å². The Bertz CT molecular complexity index is 1380. The van der Waals surface area contributed by atoms with Crippen molar-refractivity contribution in [2.75, 3.05) is 13.2 Å². The fraction of sp³-hybridized carbons (Fsp3) is 0.444. The third-order valence-corrected chi connectivity index (χ3v) is 5.67. The highest BCUT2D eigenvalue weighted by molar-refractivity contribution is 5.94. The summed E-state index contributed by atoms with van der Waals surface area (Å²) < 4.78 is 22.3. The standard InChI is InChI=1S/C27H33N3O10/c1-8-9-28-26(35)24-27(36)30(21-11-15(3)14(2)10-20(21)29-24)12-22(38-17(5)32)25(40-19(7)34)23(39-18(6)33)13-37-16(4)31/h8,10-11,22-23,25H,1,9,12-13H2,2-7H3,(H,28,35)/t22-,23+,25-/m0/s1. The molecule has 1 N–H and O–H groups in total. The summed E-state index contributed by atoms with van der Waals surface area (Å²) in [5.41, 5.74) is 0.997. The summed E-state index contributed by atoms with van der Waals surface area (Å²) in [4.78, 5) is 78.3. The molecule has 0 saturated heterocycles. The number of nitrogens with one attached hydrogen (secondary N) is 1. The molecule has 0 aliphatic heterocycles. The van der Waals surface area contributed by atoms with Crippen LogP contribution >= 0.6 is 0 Å². The Morgan fingerprint density at radius 2 is 1.50 bits per heavy atom. The average molecular weight is 560 g/mol. The molecule has 1 aromatic heterocycles. The Morgan fingerprint density at radius 3 is 2.05 bits per heavy atom. The van der Waals surface area contributed by atoms with Gasteiger partial charge in [-0.2, -0.15) is 0 Å². The molecule has 0 aliphatic rings. The first kappa shape index (κ1) is 31.7. The zero-order valence-electron chi connectivity index (χ0n) is 23.3. The van der Waals surface area contributed by atoms with Gasteiger partial charge in [0.1, 0.15) is 6.61 Å². The average Bonchev–Trinajstić information content (AvgIpc) is 2.85. The molecule has 13 nitrogen and oxygen atoms in total. The number of aryl methyl sites for hydroxylation is 2. The number of fused-ring (bicyclic) bond motifs is 1. The number of carbonyl (C=O) groups is 5. The predicted molar refractivity (Wildman–Crippen MR) is 141 cm³/mol. The number of aromatic nitrogens is 2. The van der Waals surface area contributed by atoms with Crippen molar-refractivity contribution in [3.63, 3.8) is 0 Å². The van der Waals surface area contributed by atoms with Gasteiger partial charge in [0.25, 0.3) is 11.5 Å². The van der Waals surface area contributed by atoms with Gasteiger partial charge < -0.3 is 28.8 Å². The Kier molecular flexibility index (Phi) is 11.1. The van der Waals surface area contributed by atoms with Crippen molar-refractivity contribution in [2.45, 2.75) is 66.4 Å². The van der Waals surface area contributed by atoms with Crippen molar-refractivity contribution < 1.29 is 42.9 Å². The maximum Gasteiger partial charge on any atom is 0.303 e. The molecule has 0 aliphatic carbocycles. The van der Waals surface area contributed by atoms with Crippen LogP contribution in [0.2, 0.25) is 0 Å². The molecule has 0 bridgehead atoms. The topological polar surface area (TPSA) is 169 Å². The summed E-state index contributed by atoms with van der Waals surface area (Å²) >= 11 is 0. The van der Waals surface area contributed by atoms with Gasteiger partial charge >= 0.3 is 23.9 Å². The number of amides is 1. The van der Waals surface area contributed by atoms with Gasteiger partial charge in [0.15, 0.2) is 24.0 Å². The number of nitrogens with zero attached hydrogens (tertiary/aromatic N) is 2. The molecule has 0 saturated carbocycles. The highest BCUT2D eigenvalue weighted by Gasteiger charge is 2.39. The molecule has 1 amide bonds. The van der Waals surface area contributed by atoms with Gasteiger partial charge in [0, 0.05) is 34.2 Å². The number of esters is 4. The van der Waals surface area contributed by atoms with Gasteiger partial charge in [-0.1, -0.05) is 6.08 Å². The van der Waals surface area contributed by atoms with E-state index in [1.54, 1.807) is 12.1 Å². The Morgan fingerprint density at radius 1 is 0.925 bits per heavy atom. The molecule has 0 unspecified atom stereocenters. The van der Waals surface area contributed by atoms with E-state index in [2.05, 4.69) is 16.9 Å². The number of rotatable bonds is 12. The molecule has 216 valence electrons. The van der Waals surface area contributed by atoms with E-state index in [9.17, 15) is 28.8 Å². The number of hydrogen-bond acceptors (Lipinski definition) is 11. The molecule has 1 heterocycles. The van der Waals surface area contributed by atoms with Crippen LogP contribution in [-0.2, 0) is 44.7 Å². The summed E-state index contributed by atoms with van der Waals surface area (Å²) in [6.07, 6.45) is -2.92. The SMILES string of the molecule is C=CCNC(=O)c1nc2cc(C)c(C)cc2n(C[C@H](OC(C)=O)[C@H](OC(C)=O)[C@@H](COC(C)=O)OC(C)=O)c1=O. The van der Waals surface area contributed by atoms with Gasteiger partial charge in [-0.15, -0.1) is 6.58 Å². The lowest BCUT2D eigenvalue weighted by Crippen LogP contribution is -2.50. The van der Waals surface area contributed by atoms with Gasteiger partial charge in [-0.3, -0.25) is 28.8 Å². The maximum absolute atomic E-state index is 13.6. The van der Waals surface area contributed by atoms with Crippen molar-refractivity contribution in [1.82, 2.24) is 14.9 Å². The fourth-order valence-corrected chi connectivity index (χ4v) is 3.87. The molecular formula is C27H33N3O10. The number of benzene rings is 1. The first-order valence-corrected chi connectivity index (χ1v) is 12.3. The van der Waals surface area contributed by atoms with Crippen LogP contribution in [0.1, 0.15) is 49.3 Å². The monoisotopic (exact) mass is 559 g/mol. The molecule has 3 atom stereocenters. The van der Waals surface area contributed by atoms with Crippen LogP contribution in [0.4, 0.5) is 0 Å². The Labute approximate surface area is 230 Å². The lowest BCUT2D eigenvalue weighted by molar-refractivity contribution is -0.190. The van der Waals surface area contributed by atoms with Crippen molar-refractivity contribution in [2.24, 2.45) is 0 Å². The van der Waals surface area contributed by atoms with E-state index in [1.807, 2.05) is 13.8 Å². The zero-order valence-corrected chi connectivity index (χ0v) is 23.3. The number of hydrogen-bond donors (Lipinski definition) is 1. The van der Waals surface area contributed by atoms with Crippen molar-refractivity contribution in [3.05, 3.63) is 52.0 Å². The second-order valence-corrected chi connectivity index (χ2v) is 8.97. The third kappa shape index (κ3) is 8.48. The quantitative estimate of drug-likeness (QED) is 0.226. The minimum atomic E-state index is -1.51. The largest absolute Gasteiger partial charge is 0.462 e. The van der Waals surface area contributed by atoms with E-state index >= 15 is 0 Å². The molecule has 1 aromatic carbocycles. The fourth-order valence-electron chi connectivity index (χ4n) is 3.87. The normalized spacial score (nSPS) is 12.9. The van der Waals surface area contributed by atoms with Gasteiger partial charge in [-0.05, 0) is 37.1 Å². The first-order chi connectivity index (χ1) is 18.7. The van der Waals surface area contributed by atoms with E-state index in [0.717, 1.165) is 38.8 Å². The van der Waals surface area contributed by atoms with Crippen molar-refractivity contribution >= 4 is 40.8 Å². The smallest absolute Gasteiger partial charge is 0.303 e. The maximum atomic E-state index is 13.6. The highest BCUT2D eigenvalue weighted by Crippen LogP contribution is 2.21. The van der Waals surface area contributed by atoms with Gasteiger partial charge in [0.2, 0.25) is 0 Å².